The highest BCUT2D eigenvalue weighted by atomic mass is 79.9. The molecule has 0 aliphatic carbocycles. The first-order valence-corrected chi connectivity index (χ1v) is 4.37. The summed E-state index contributed by atoms with van der Waals surface area (Å²) in [6.45, 7) is 1.61. The maximum absolute atomic E-state index is 10.5. The molecule has 0 aliphatic rings. The van der Waals surface area contributed by atoms with Gasteiger partial charge in [-0.2, -0.15) is 0 Å². The SMILES string of the molecule is CC(C(=O)[O-])c1ccccc1Br. The van der Waals surface area contributed by atoms with Crippen molar-refractivity contribution < 1.29 is 9.90 Å². The van der Waals surface area contributed by atoms with Gasteiger partial charge in [0.15, 0.2) is 0 Å². The van der Waals surface area contributed by atoms with Crippen LogP contribution < -0.4 is 5.11 Å². The summed E-state index contributed by atoms with van der Waals surface area (Å²) in [5, 5.41) is 10.5. The number of hydrogen-bond acceptors (Lipinski definition) is 2. The van der Waals surface area contributed by atoms with Gasteiger partial charge in [0.05, 0.1) is 0 Å². The predicted molar refractivity (Wildman–Crippen MR) is 47.6 cm³/mol. The van der Waals surface area contributed by atoms with E-state index in [-0.39, 0.29) is 0 Å². The zero-order valence-electron chi connectivity index (χ0n) is 6.58. The summed E-state index contributed by atoms with van der Waals surface area (Å²) in [5.74, 6) is -1.62. The molecule has 0 saturated carbocycles. The molecule has 12 heavy (non-hydrogen) atoms. The van der Waals surface area contributed by atoms with Gasteiger partial charge in [-0.05, 0) is 11.6 Å². The van der Waals surface area contributed by atoms with Crippen LogP contribution >= 0.6 is 15.9 Å². The number of carboxylic acid groups (broad SMARTS) is 1. The molecule has 0 aliphatic heterocycles. The summed E-state index contributed by atoms with van der Waals surface area (Å²) in [5.41, 5.74) is 0.748. The molecule has 1 rings (SSSR count). The van der Waals surface area contributed by atoms with E-state index in [9.17, 15) is 9.90 Å². The number of benzene rings is 1. The maximum Gasteiger partial charge on any atom is 0.0486 e. The zero-order chi connectivity index (χ0) is 9.14. The first-order valence-electron chi connectivity index (χ1n) is 3.58. The second kappa shape index (κ2) is 3.72. The molecule has 0 spiro atoms. The van der Waals surface area contributed by atoms with Gasteiger partial charge in [-0.3, -0.25) is 0 Å². The summed E-state index contributed by atoms with van der Waals surface area (Å²) in [7, 11) is 0. The van der Waals surface area contributed by atoms with Gasteiger partial charge in [0.1, 0.15) is 0 Å². The number of carboxylic acids is 1. The fourth-order valence-corrected chi connectivity index (χ4v) is 1.58. The minimum atomic E-state index is -1.05. The number of rotatable bonds is 2. The van der Waals surface area contributed by atoms with Gasteiger partial charge in [-0.15, -0.1) is 0 Å². The lowest BCUT2D eigenvalue weighted by atomic mass is 10.0. The minimum Gasteiger partial charge on any atom is -0.550 e. The third-order valence-electron chi connectivity index (χ3n) is 1.73. The summed E-state index contributed by atoms with van der Waals surface area (Å²) < 4.78 is 0.807. The van der Waals surface area contributed by atoms with Crippen LogP contribution in [0.3, 0.4) is 0 Å². The predicted octanol–water partition coefficient (Wildman–Crippen LogP) is 1.30. The number of aliphatic carboxylic acids is 1. The Kier molecular flexibility index (Phi) is 2.87. The highest BCUT2D eigenvalue weighted by molar-refractivity contribution is 9.10. The molecule has 3 heteroatoms. The van der Waals surface area contributed by atoms with Gasteiger partial charge in [0.25, 0.3) is 0 Å². The van der Waals surface area contributed by atoms with Crippen molar-refractivity contribution in [1.29, 1.82) is 0 Å². The van der Waals surface area contributed by atoms with E-state index in [1.165, 1.54) is 0 Å². The van der Waals surface area contributed by atoms with Crippen LogP contribution in [0.4, 0.5) is 0 Å². The van der Waals surface area contributed by atoms with E-state index in [1.807, 2.05) is 12.1 Å². The standard InChI is InChI=1S/C9H9BrO2/c1-6(9(11)12)7-4-2-3-5-8(7)10/h2-6H,1H3,(H,11,12)/p-1. The Morgan fingerprint density at radius 3 is 2.58 bits per heavy atom. The van der Waals surface area contributed by atoms with E-state index in [0.717, 1.165) is 10.0 Å². The Labute approximate surface area is 79.3 Å². The molecular weight excluding hydrogens is 220 g/mol. The minimum absolute atomic E-state index is 0.569. The molecule has 0 aromatic heterocycles. The maximum atomic E-state index is 10.5. The first-order chi connectivity index (χ1) is 5.63. The molecule has 2 nitrogen and oxygen atoms in total. The van der Waals surface area contributed by atoms with Crippen molar-refractivity contribution in [3.05, 3.63) is 34.3 Å². The van der Waals surface area contributed by atoms with Gasteiger partial charge in [-0.1, -0.05) is 41.1 Å². The third kappa shape index (κ3) is 1.85. The largest absolute Gasteiger partial charge is 0.550 e. The molecule has 0 saturated heterocycles. The van der Waals surface area contributed by atoms with Gasteiger partial charge in [-0.25, -0.2) is 0 Å². The molecule has 64 valence electrons. The van der Waals surface area contributed by atoms with Gasteiger partial charge < -0.3 is 9.90 Å². The van der Waals surface area contributed by atoms with Crippen LogP contribution in [0.1, 0.15) is 18.4 Å². The zero-order valence-corrected chi connectivity index (χ0v) is 8.17. The lowest BCUT2D eigenvalue weighted by Crippen LogP contribution is -2.28. The lowest BCUT2D eigenvalue weighted by molar-refractivity contribution is -0.307. The molecule has 0 fully saturated rings. The molecule has 1 atom stereocenters. The van der Waals surface area contributed by atoms with Crippen molar-refractivity contribution in [2.75, 3.05) is 0 Å². The average Bonchev–Trinajstić information content (AvgIpc) is 2.04. The second-order valence-electron chi connectivity index (χ2n) is 2.56. The number of carbonyl (C=O) groups excluding carboxylic acids is 1. The first kappa shape index (κ1) is 9.26. The van der Waals surface area contributed by atoms with E-state index >= 15 is 0 Å². The Balaban J connectivity index is 3.02. The summed E-state index contributed by atoms with van der Waals surface area (Å²) in [6, 6.07) is 7.23. The number of hydrogen-bond donors (Lipinski definition) is 0. The summed E-state index contributed by atoms with van der Waals surface area (Å²) in [4.78, 5) is 10.5. The lowest BCUT2D eigenvalue weighted by Gasteiger charge is -2.13. The van der Waals surface area contributed by atoms with Crippen molar-refractivity contribution in [2.45, 2.75) is 12.8 Å². The Morgan fingerprint density at radius 1 is 1.50 bits per heavy atom. The van der Waals surface area contributed by atoms with Crippen LogP contribution in [0, 0.1) is 0 Å². The van der Waals surface area contributed by atoms with E-state index in [4.69, 9.17) is 0 Å². The van der Waals surface area contributed by atoms with Gasteiger partial charge in [0.2, 0.25) is 0 Å². The summed E-state index contributed by atoms with van der Waals surface area (Å²) >= 11 is 3.27. The highest BCUT2D eigenvalue weighted by Gasteiger charge is 2.08. The second-order valence-corrected chi connectivity index (χ2v) is 3.42. The van der Waals surface area contributed by atoms with Gasteiger partial charge in [0, 0.05) is 16.4 Å². The van der Waals surface area contributed by atoms with Crippen LogP contribution in [0.25, 0.3) is 0 Å². The molecule has 0 radical (unpaired) electrons. The van der Waals surface area contributed by atoms with E-state index < -0.39 is 11.9 Å². The normalized spacial score (nSPS) is 12.5. The van der Waals surface area contributed by atoms with Gasteiger partial charge >= 0.3 is 0 Å². The van der Waals surface area contributed by atoms with Crippen LogP contribution in [0.5, 0.6) is 0 Å². The molecule has 0 amide bonds. The van der Waals surface area contributed by atoms with Crippen LogP contribution in [0.2, 0.25) is 0 Å². The van der Waals surface area contributed by atoms with Crippen molar-refractivity contribution in [3.63, 3.8) is 0 Å². The van der Waals surface area contributed by atoms with Crippen molar-refractivity contribution in [3.8, 4) is 0 Å². The monoisotopic (exact) mass is 227 g/mol. The van der Waals surface area contributed by atoms with E-state index in [2.05, 4.69) is 15.9 Å². The smallest absolute Gasteiger partial charge is 0.0486 e. The van der Waals surface area contributed by atoms with Crippen molar-refractivity contribution in [2.24, 2.45) is 0 Å². The van der Waals surface area contributed by atoms with Crippen LogP contribution in [-0.4, -0.2) is 5.97 Å². The van der Waals surface area contributed by atoms with E-state index in [0.29, 0.717) is 0 Å². The number of halogens is 1. The average molecular weight is 228 g/mol. The topological polar surface area (TPSA) is 40.1 Å². The molecule has 1 aromatic carbocycles. The Bertz CT molecular complexity index is 296. The fourth-order valence-electron chi connectivity index (χ4n) is 0.953. The van der Waals surface area contributed by atoms with Crippen LogP contribution in [0.15, 0.2) is 28.7 Å². The molecule has 1 unspecified atom stereocenters. The molecule has 1 aromatic rings. The molecule has 0 bridgehead atoms. The van der Waals surface area contributed by atoms with E-state index in [1.54, 1.807) is 19.1 Å². The van der Waals surface area contributed by atoms with Crippen molar-refractivity contribution >= 4 is 21.9 Å². The molecule has 0 N–H and O–H groups in total. The molecule has 0 heterocycles. The summed E-state index contributed by atoms with van der Waals surface area (Å²) in [6.07, 6.45) is 0. The quantitative estimate of drug-likeness (QED) is 0.765. The third-order valence-corrected chi connectivity index (χ3v) is 2.45. The molecular formula is C9H8BrO2-. The highest BCUT2D eigenvalue weighted by Crippen LogP contribution is 2.23. The number of carbonyl (C=O) groups is 1. The fraction of sp³-hybridized carbons (Fsp3) is 0.222. The Morgan fingerprint density at radius 2 is 2.08 bits per heavy atom. The Hall–Kier alpha value is -0.830. The van der Waals surface area contributed by atoms with Crippen molar-refractivity contribution in [1.82, 2.24) is 0 Å². The van der Waals surface area contributed by atoms with Crippen LogP contribution in [-0.2, 0) is 4.79 Å².